The van der Waals surface area contributed by atoms with Gasteiger partial charge in [0, 0.05) is 0 Å². The second-order valence-corrected chi connectivity index (χ2v) is 5.41. The maximum absolute atomic E-state index is 12.9. The lowest BCUT2D eigenvalue weighted by atomic mass is 10.1. The Morgan fingerprint density at radius 2 is 1.94 bits per heavy atom. The summed E-state index contributed by atoms with van der Waals surface area (Å²) in [6.07, 6.45) is 0.782. The first kappa shape index (κ1) is 13.1. The molecule has 1 heterocycles. The molecule has 0 atom stereocenters. The number of benzene rings is 1. The van der Waals surface area contributed by atoms with E-state index in [-0.39, 0.29) is 11.4 Å². The second-order valence-electron chi connectivity index (χ2n) is 4.62. The minimum Gasteiger partial charge on any atom is -0.294 e. The van der Waals surface area contributed by atoms with Crippen LogP contribution in [0, 0.1) is 11.7 Å². The Bertz CT molecular complexity index is 598. The monoisotopic (exact) mass is 312 g/mol. The molecule has 0 aliphatic carbocycles. The van der Waals surface area contributed by atoms with Crippen LogP contribution in [0.15, 0.2) is 33.5 Å². The Hall–Kier alpha value is -1.36. The van der Waals surface area contributed by atoms with E-state index in [1.807, 2.05) is 0 Å². The predicted octanol–water partition coefficient (Wildman–Crippen LogP) is 3.27. The van der Waals surface area contributed by atoms with E-state index in [1.54, 1.807) is 12.1 Å². The molecular formula is C13H14BrFN2O. The van der Waals surface area contributed by atoms with Crippen molar-refractivity contribution in [1.82, 2.24) is 9.78 Å². The van der Waals surface area contributed by atoms with Crippen molar-refractivity contribution in [3.63, 3.8) is 0 Å². The molecule has 0 fully saturated rings. The first-order valence-corrected chi connectivity index (χ1v) is 6.53. The molecule has 2 rings (SSSR count). The Balaban J connectivity index is 2.46. The fourth-order valence-corrected chi connectivity index (χ4v) is 2.21. The zero-order chi connectivity index (χ0) is 13.3. The fourth-order valence-electron chi connectivity index (χ4n) is 1.78. The van der Waals surface area contributed by atoms with Gasteiger partial charge >= 0.3 is 0 Å². The van der Waals surface area contributed by atoms with Crippen LogP contribution in [0.3, 0.4) is 0 Å². The number of rotatable bonds is 3. The molecule has 1 aromatic carbocycles. The zero-order valence-corrected chi connectivity index (χ0v) is 11.8. The van der Waals surface area contributed by atoms with Crippen molar-refractivity contribution in [3.05, 3.63) is 50.6 Å². The highest BCUT2D eigenvalue weighted by Crippen LogP contribution is 2.16. The van der Waals surface area contributed by atoms with Crippen LogP contribution in [0.2, 0.25) is 0 Å². The Kier molecular flexibility index (Phi) is 3.71. The van der Waals surface area contributed by atoms with Crippen LogP contribution in [0.4, 0.5) is 4.39 Å². The van der Waals surface area contributed by atoms with Gasteiger partial charge in [-0.25, -0.2) is 9.07 Å². The van der Waals surface area contributed by atoms with Gasteiger partial charge in [-0.2, -0.15) is 0 Å². The first-order valence-electron chi connectivity index (χ1n) is 5.74. The SMILES string of the molecule is CC(C)Cc1[nH]n(-c2ccc(F)cc2)c(=O)c1Br. The van der Waals surface area contributed by atoms with Crippen molar-refractivity contribution >= 4 is 15.9 Å². The third kappa shape index (κ3) is 2.56. The lowest BCUT2D eigenvalue weighted by molar-refractivity contribution is 0.623. The van der Waals surface area contributed by atoms with Crippen molar-refractivity contribution in [2.45, 2.75) is 20.3 Å². The number of nitrogens with zero attached hydrogens (tertiary/aromatic N) is 1. The van der Waals surface area contributed by atoms with Crippen LogP contribution in [0.1, 0.15) is 19.5 Å². The number of aromatic amines is 1. The molecule has 0 aliphatic heterocycles. The van der Waals surface area contributed by atoms with Gasteiger partial charge in [0.05, 0.1) is 11.4 Å². The van der Waals surface area contributed by atoms with E-state index < -0.39 is 0 Å². The number of hydrogen-bond acceptors (Lipinski definition) is 1. The van der Waals surface area contributed by atoms with Crippen LogP contribution >= 0.6 is 15.9 Å². The highest BCUT2D eigenvalue weighted by Gasteiger charge is 2.13. The molecule has 3 nitrogen and oxygen atoms in total. The number of aromatic nitrogens is 2. The maximum atomic E-state index is 12.9. The summed E-state index contributed by atoms with van der Waals surface area (Å²) in [5.41, 5.74) is 1.33. The fraction of sp³-hybridized carbons (Fsp3) is 0.308. The Labute approximate surface area is 113 Å². The summed E-state index contributed by atoms with van der Waals surface area (Å²) < 4.78 is 14.8. The van der Waals surface area contributed by atoms with Crippen LogP contribution < -0.4 is 5.56 Å². The predicted molar refractivity (Wildman–Crippen MR) is 72.6 cm³/mol. The summed E-state index contributed by atoms with van der Waals surface area (Å²) in [6, 6.07) is 5.80. The molecular weight excluding hydrogens is 299 g/mol. The topological polar surface area (TPSA) is 37.8 Å². The minimum absolute atomic E-state index is 0.155. The molecule has 96 valence electrons. The number of H-pyrrole nitrogens is 1. The Morgan fingerprint density at radius 3 is 2.50 bits per heavy atom. The van der Waals surface area contributed by atoms with E-state index in [2.05, 4.69) is 34.9 Å². The van der Waals surface area contributed by atoms with Crippen molar-refractivity contribution in [2.75, 3.05) is 0 Å². The van der Waals surface area contributed by atoms with Crippen LogP contribution in [-0.4, -0.2) is 9.78 Å². The van der Waals surface area contributed by atoms with Gasteiger partial charge in [-0.1, -0.05) is 13.8 Å². The highest BCUT2D eigenvalue weighted by molar-refractivity contribution is 9.10. The smallest absolute Gasteiger partial charge is 0.285 e. The van der Waals surface area contributed by atoms with Gasteiger partial charge in [-0.3, -0.25) is 9.89 Å². The van der Waals surface area contributed by atoms with E-state index in [0.29, 0.717) is 16.1 Å². The summed E-state index contributed by atoms with van der Waals surface area (Å²) in [5.74, 6) is 0.126. The lowest BCUT2D eigenvalue weighted by Crippen LogP contribution is -2.14. The van der Waals surface area contributed by atoms with Gasteiger partial charge in [0.15, 0.2) is 0 Å². The molecule has 1 N–H and O–H groups in total. The van der Waals surface area contributed by atoms with Crippen LogP contribution in [-0.2, 0) is 6.42 Å². The summed E-state index contributed by atoms with van der Waals surface area (Å²) in [6.45, 7) is 4.17. The second kappa shape index (κ2) is 5.10. The van der Waals surface area contributed by atoms with Gasteiger partial charge in [-0.05, 0) is 52.5 Å². The molecule has 18 heavy (non-hydrogen) atoms. The largest absolute Gasteiger partial charge is 0.294 e. The van der Waals surface area contributed by atoms with E-state index in [0.717, 1.165) is 12.1 Å². The third-order valence-electron chi connectivity index (χ3n) is 2.60. The van der Waals surface area contributed by atoms with Gasteiger partial charge in [0.1, 0.15) is 10.3 Å². The molecule has 5 heteroatoms. The quantitative estimate of drug-likeness (QED) is 0.928. The summed E-state index contributed by atoms with van der Waals surface area (Å²) in [7, 11) is 0. The number of halogens is 2. The Morgan fingerprint density at radius 1 is 1.33 bits per heavy atom. The van der Waals surface area contributed by atoms with Gasteiger partial charge in [0.2, 0.25) is 0 Å². The van der Waals surface area contributed by atoms with Gasteiger partial charge in [0.25, 0.3) is 5.56 Å². The molecule has 0 bridgehead atoms. The molecule has 0 aliphatic rings. The summed E-state index contributed by atoms with van der Waals surface area (Å²) in [5, 5.41) is 3.05. The summed E-state index contributed by atoms with van der Waals surface area (Å²) in [4.78, 5) is 12.0. The average molecular weight is 313 g/mol. The molecule has 0 radical (unpaired) electrons. The molecule has 0 spiro atoms. The first-order chi connectivity index (χ1) is 8.49. The molecule has 0 amide bonds. The molecule has 1 aromatic heterocycles. The van der Waals surface area contributed by atoms with E-state index in [4.69, 9.17) is 0 Å². The normalized spacial score (nSPS) is 11.2. The standard InChI is InChI=1S/C13H14BrFN2O/c1-8(2)7-11-12(14)13(18)17(16-11)10-5-3-9(15)4-6-10/h3-6,8,16H,7H2,1-2H3. The number of hydrogen-bond donors (Lipinski definition) is 1. The molecule has 2 aromatic rings. The van der Waals surface area contributed by atoms with Gasteiger partial charge in [-0.15, -0.1) is 0 Å². The zero-order valence-electron chi connectivity index (χ0n) is 10.2. The van der Waals surface area contributed by atoms with Gasteiger partial charge < -0.3 is 0 Å². The molecule has 0 saturated heterocycles. The third-order valence-corrected chi connectivity index (χ3v) is 3.42. The summed E-state index contributed by atoms with van der Waals surface area (Å²) >= 11 is 3.30. The molecule has 0 saturated carbocycles. The average Bonchev–Trinajstić information content (AvgIpc) is 2.58. The highest BCUT2D eigenvalue weighted by atomic mass is 79.9. The van der Waals surface area contributed by atoms with Crippen molar-refractivity contribution in [1.29, 1.82) is 0 Å². The van der Waals surface area contributed by atoms with Crippen molar-refractivity contribution < 1.29 is 4.39 Å². The molecule has 0 unspecified atom stereocenters. The van der Waals surface area contributed by atoms with Crippen LogP contribution in [0.25, 0.3) is 5.69 Å². The van der Waals surface area contributed by atoms with Crippen molar-refractivity contribution in [2.24, 2.45) is 5.92 Å². The maximum Gasteiger partial charge on any atom is 0.285 e. The lowest BCUT2D eigenvalue weighted by Gasteiger charge is -2.03. The van der Waals surface area contributed by atoms with E-state index >= 15 is 0 Å². The number of nitrogens with one attached hydrogen (secondary N) is 1. The van der Waals surface area contributed by atoms with Crippen molar-refractivity contribution in [3.8, 4) is 5.69 Å². The van der Waals surface area contributed by atoms with E-state index in [9.17, 15) is 9.18 Å². The van der Waals surface area contributed by atoms with Crippen LogP contribution in [0.5, 0.6) is 0 Å². The van der Waals surface area contributed by atoms with E-state index in [1.165, 1.54) is 16.8 Å². The minimum atomic E-state index is -0.320.